The molecule has 3 rings (SSSR count). The molecule has 2 fully saturated rings. The lowest BCUT2D eigenvalue weighted by Crippen LogP contribution is -2.60. The Morgan fingerprint density at radius 3 is 2.69 bits per heavy atom. The maximum absolute atomic E-state index is 12.5. The highest BCUT2D eigenvalue weighted by Gasteiger charge is 2.38. The molecule has 6 nitrogen and oxygen atoms in total. The predicted molar refractivity (Wildman–Crippen MR) is 104 cm³/mol. The van der Waals surface area contributed by atoms with Gasteiger partial charge in [0.05, 0.1) is 24.3 Å². The van der Waals surface area contributed by atoms with Gasteiger partial charge in [-0.25, -0.2) is 4.98 Å². The average molecular weight is 381 g/mol. The van der Waals surface area contributed by atoms with Gasteiger partial charge >= 0.3 is 0 Å². The molecule has 26 heavy (non-hydrogen) atoms. The van der Waals surface area contributed by atoms with E-state index in [1.165, 1.54) is 38.3 Å². The fraction of sp³-hybridized carbons (Fsp3) is 0.684. The normalized spacial score (nSPS) is 21.9. The van der Waals surface area contributed by atoms with E-state index in [-0.39, 0.29) is 17.5 Å². The first-order chi connectivity index (χ1) is 12.6. The number of morpholine rings is 1. The van der Waals surface area contributed by atoms with Gasteiger partial charge in [0.15, 0.2) is 0 Å². The number of ether oxygens (including phenoxy) is 1. The molecule has 0 unspecified atom stereocenters. The first kappa shape index (κ1) is 19.5. The first-order valence-electron chi connectivity index (χ1n) is 9.58. The number of rotatable bonds is 6. The Morgan fingerprint density at radius 1 is 1.31 bits per heavy atom. The SMILES string of the molecule is C[C@H](NCC1(N2CCOCC2)CCCCC1)C(=O)Nc1ccc(Cl)cn1. The summed E-state index contributed by atoms with van der Waals surface area (Å²) in [5, 5.41) is 6.87. The monoisotopic (exact) mass is 380 g/mol. The highest BCUT2D eigenvalue weighted by atomic mass is 35.5. The van der Waals surface area contributed by atoms with E-state index in [9.17, 15) is 4.79 Å². The minimum absolute atomic E-state index is 0.0761. The number of carbonyl (C=O) groups is 1. The number of carbonyl (C=O) groups excluding carboxylic acids is 1. The van der Waals surface area contributed by atoms with Crippen LogP contribution < -0.4 is 10.6 Å². The second-order valence-corrected chi connectivity index (χ2v) is 7.77. The molecule has 1 amide bonds. The third-order valence-corrected chi connectivity index (χ3v) is 5.80. The maximum Gasteiger partial charge on any atom is 0.242 e. The molecule has 0 spiro atoms. The molecular weight excluding hydrogens is 352 g/mol. The fourth-order valence-corrected chi connectivity index (χ4v) is 4.08. The molecule has 0 bridgehead atoms. The second-order valence-electron chi connectivity index (χ2n) is 7.34. The minimum atomic E-state index is -0.285. The number of pyridine rings is 1. The van der Waals surface area contributed by atoms with E-state index in [1.807, 2.05) is 6.92 Å². The van der Waals surface area contributed by atoms with Gasteiger partial charge in [-0.1, -0.05) is 30.9 Å². The van der Waals surface area contributed by atoms with Crippen LogP contribution in [0.2, 0.25) is 5.02 Å². The van der Waals surface area contributed by atoms with Gasteiger partial charge in [0, 0.05) is 31.4 Å². The van der Waals surface area contributed by atoms with Crippen molar-refractivity contribution in [3.05, 3.63) is 23.4 Å². The van der Waals surface area contributed by atoms with Crippen LogP contribution in [0.5, 0.6) is 0 Å². The van der Waals surface area contributed by atoms with Crippen LogP contribution >= 0.6 is 11.6 Å². The first-order valence-corrected chi connectivity index (χ1v) is 9.95. The number of hydrogen-bond donors (Lipinski definition) is 2. The molecule has 1 saturated heterocycles. The Kier molecular flexibility index (Phi) is 6.86. The molecule has 1 aromatic rings. The average Bonchev–Trinajstić information content (AvgIpc) is 2.69. The summed E-state index contributed by atoms with van der Waals surface area (Å²) >= 11 is 5.83. The van der Waals surface area contributed by atoms with Gasteiger partial charge in [-0.2, -0.15) is 0 Å². The molecule has 1 aromatic heterocycles. The Bertz CT molecular complexity index is 584. The molecular formula is C19H29ClN4O2. The van der Waals surface area contributed by atoms with Gasteiger partial charge in [0.2, 0.25) is 5.91 Å². The summed E-state index contributed by atoms with van der Waals surface area (Å²) in [6, 6.07) is 3.15. The summed E-state index contributed by atoms with van der Waals surface area (Å²) in [5.74, 6) is 0.446. The quantitative estimate of drug-likeness (QED) is 0.794. The minimum Gasteiger partial charge on any atom is -0.379 e. The van der Waals surface area contributed by atoms with Gasteiger partial charge in [0.25, 0.3) is 0 Å². The summed E-state index contributed by atoms with van der Waals surface area (Å²) in [5.41, 5.74) is 0.148. The van der Waals surface area contributed by atoms with Crippen LogP contribution in [-0.4, -0.2) is 60.2 Å². The zero-order chi connectivity index (χ0) is 18.4. The standard InChI is InChI=1S/C19H29ClN4O2/c1-15(18(25)23-17-6-5-16(20)13-21-17)22-14-19(7-3-2-4-8-19)24-9-11-26-12-10-24/h5-6,13,15,22H,2-4,7-12,14H2,1H3,(H,21,23,25)/t15-/m0/s1. The third-order valence-electron chi connectivity index (χ3n) is 5.58. The topological polar surface area (TPSA) is 66.5 Å². The predicted octanol–water partition coefficient (Wildman–Crippen LogP) is 2.69. The van der Waals surface area contributed by atoms with Crippen LogP contribution in [0.1, 0.15) is 39.0 Å². The number of amides is 1. The molecule has 2 heterocycles. The summed E-state index contributed by atoms with van der Waals surface area (Å²) in [6.07, 6.45) is 7.73. The number of anilines is 1. The van der Waals surface area contributed by atoms with Gasteiger partial charge < -0.3 is 15.4 Å². The van der Waals surface area contributed by atoms with Crippen molar-refractivity contribution in [2.75, 3.05) is 38.2 Å². The lowest BCUT2D eigenvalue weighted by molar-refractivity contribution is -0.118. The molecule has 2 N–H and O–H groups in total. The summed E-state index contributed by atoms with van der Waals surface area (Å²) < 4.78 is 5.53. The summed E-state index contributed by atoms with van der Waals surface area (Å²) in [6.45, 7) is 6.31. The second kappa shape index (κ2) is 9.13. The fourth-order valence-electron chi connectivity index (χ4n) is 3.97. The van der Waals surface area contributed by atoms with Crippen LogP contribution in [0.25, 0.3) is 0 Å². The molecule has 1 aliphatic carbocycles. The Hall–Kier alpha value is -1.21. The number of halogens is 1. The van der Waals surface area contributed by atoms with E-state index < -0.39 is 0 Å². The molecule has 7 heteroatoms. The van der Waals surface area contributed by atoms with Crippen LogP contribution in [-0.2, 0) is 9.53 Å². The highest BCUT2D eigenvalue weighted by Crippen LogP contribution is 2.34. The van der Waals surface area contributed by atoms with E-state index in [4.69, 9.17) is 16.3 Å². The van der Waals surface area contributed by atoms with Crippen LogP contribution in [0.4, 0.5) is 5.82 Å². The van der Waals surface area contributed by atoms with Gasteiger partial charge in [-0.05, 0) is 31.9 Å². The van der Waals surface area contributed by atoms with E-state index in [1.54, 1.807) is 12.1 Å². The van der Waals surface area contributed by atoms with Crippen molar-refractivity contribution < 1.29 is 9.53 Å². The number of nitrogens with zero attached hydrogens (tertiary/aromatic N) is 2. The van der Waals surface area contributed by atoms with Crippen LogP contribution in [0.3, 0.4) is 0 Å². The van der Waals surface area contributed by atoms with Crippen molar-refractivity contribution in [3.8, 4) is 0 Å². The van der Waals surface area contributed by atoms with Crippen molar-refractivity contribution >= 4 is 23.3 Å². The smallest absolute Gasteiger partial charge is 0.242 e. The number of hydrogen-bond acceptors (Lipinski definition) is 5. The van der Waals surface area contributed by atoms with Crippen LogP contribution in [0.15, 0.2) is 18.3 Å². The molecule has 2 aliphatic rings. The lowest BCUT2D eigenvalue weighted by Gasteiger charge is -2.48. The molecule has 0 aromatic carbocycles. The molecule has 1 atom stereocenters. The van der Waals surface area contributed by atoms with Crippen molar-refractivity contribution in [1.82, 2.24) is 15.2 Å². The number of nitrogens with one attached hydrogen (secondary N) is 2. The van der Waals surface area contributed by atoms with Gasteiger partial charge in [0.1, 0.15) is 5.82 Å². The summed E-state index contributed by atoms with van der Waals surface area (Å²) in [7, 11) is 0. The number of aromatic nitrogens is 1. The molecule has 144 valence electrons. The van der Waals surface area contributed by atoms with Crippen molar-refractivity contribution in [3.63, 3.8) is 0 Å². The van der Waals surface area contributed by atoms with Gasteiger partial charge in [-0.15, -0.1) is 0 Å². The van der Waals surface area contributed by atoms with E-state index in [0.29, 0.717) is 10.8 Å². The highest BCUT2D eigenvalue weighted by molar-refractivity contribution is 6.30. The maximum atomic E-state index is 12.5. The zero-order valence-corrected chi connectivity index (χ0v) is 16.2. The molecule has 0 radical (unpaired) electrons. The Balaban J connectivity index is 1.57. The van der Waals surface area contributed by atoms with E-state index in [2.05, 4.69) is 20.5 Å². The van der Waals surface area contributed by atoms with Crippen molar-refractivity contribution in [2.24, 2.45) is 0 Å². The summed E-state index contributed by atoms with van der Waals surface area (Å²) in [4.78, 5) is 19.2. The Morgan fingerprint density at radius 2 is 2.04 bits per heavy atom. The zero-order valence-electron chi connectivity index (χ0n) is 15.5. The van der Waals surface area contributed by atoms with E-state index in [0.717, 1.165) is 32.8 Å². The van der Waals surface area contributed by atoms with Gasteiger partial charge in [-0.3, -0.25) is 9.69 Å². The van der Waals surface area contributed by atoms with Crippen molar-refractivity contribution in [2.45, 2.75) is 50.6 Å². The largest absolute Gasteiger partial charge is 0.379 e. The molecule has 1 saturated carbocycles. The van der Waals surface area contributed by atoms with Crippen molar-refractivity contribution in [1.29, 1.82) is 0 Å². The Labute approximate surface area is 160 Å². The van der Waals surface area contributed by atoms with Crippen LogP contribution in [0, 0.1) is 0 Å². The third kappa shape index (κ3) is 4.94. The van der Waals surface area contributed by atoms with E-state index >= 15 is 0 Å². The lowest BCUT2D eigenvalue weighted by atomic mass is 9.79. The molecule has 1 aliphatic heterocycles.